The molecule has 0 aromatic heterocycles. The minimum Gasteiger partial charge on any atom is -0.378 e. The monoisotopic (exact) mass is 584 g/mol. The smallest absolute Gasteiger partial charge is 0.378 e. The number of morpholine rings is 1. The Morgan fingerprint density at radius 3 is 2.50 bits per heavy atom. The molecule has 3 fully saturated rings. The summed E-state index contributed by atoms with van der Waals surface area (Å²) in [6, 6.07) is 7.71. The second-order valence-corrected chi connectivity index (χ2v) is 12.8. The molecule has 4 aliphatic carbocycles. The Labute approximate surface area is 243 Å². The van der Waals surface area contributed by atoms with E-state index in [1.54, 1.807) is 6.08 Å². The van der Waals surface area contributed by atoms with Crippen molar-refractivity contribution in [3.05, 3.63) is 57.5 Å². The van der Waals surface area contributed by atoms with Crippen molar-refractivity contribution < 1.29 is 27.1 Å². The minimum absolute atomic E-state index is 0.180. The van der Waals surface area contributed by atoms with E-state index < -0.39 is 29.2 Å². The van der Waals surface area contributed by atoms with Crippen LogP contribution in [0.2, 0.25) is 0 Å². The number of anilines is 1. The van der Waals surface area contributed by atoms with Gasteiger partial charge in [0.05, 0.1) is 18.6 Å². The van der Waals surface area contributed by atoms with Crippen molar-refractivity contribution in [2.45, 2.75) is 76.7 Å². The summed E-state index contributed by atoms with van der Waals surface area (Å²) >= 11 is 0. The molecule has 0 spiro atoms. The summed E-state index contributed by atoms with van der Waals surface area (Å²) in [5.41, 5.74) is 2.34. The lowest BCUT2D eigenvalue weighted by atomic mass is 9.48. The van der Waals surface area contributed by atoms with Crippen LogP contribution < -0.4 is 4.90 Å². The van der Waals surface area contributed by atoms with Crippen LogP contribution in [0.3, 0.4) is 0 Å². The molecule has 7 atom stereocenters. The molecule has 0 radical (unpaired) electrons. The maximum atomic E-state index is 15.9. The maximum absolute atomic E-state index is 15.9. The average Bonchev–Trinajstić information content (AvgIpc) is 3.29. The SMILES string of the molecule is CC(=O)[C@@]1(C#CC(F)(F)F)CC[C@H]2[C@@H]3CC(F)C4=CC(N=O)CCC4=C3C(c3ccc(N4CCOCC4)cc3)C[C@@]21C. The number of allylic oxidation sites excluding steroid dienone is 3. The number of fused-ring (bicyclic) bond motifs is 4. The third-order valence-electron chi connectivity index (χ3n) is 10.9. The van der Waals surface area contributed by atoms with Crippen molar-refractivity contribution in [2.75, 3.05) is 31.2 Å². The lowest BCUT2D eigenvalue weighted by molar-refractivity contribution is -0.130. The zero-order chi connectivity index (χ0) is 29.9. The van der Waals surface area contributed by atoms with Crippen LogP contribution >= 0.6 is 0 Å². The van der Waals surface area contributed by atoms with Crippen LogP contribution in [0.5, 0.6) is 0 Å². The molecule has 9 heteroatoms. The van der Waals surface area contributed by atoms with Crippen LogP contribution in [-0.2, 0) is 9.53 Å². The molecule has 1 aromatic carbocycles. The molecule has 3 unspecified atom stereocenters. The number of nitroso groups, excluding NO2 is 1. The molecule has 1 aromatic rings. The first kappa shape index (κ1) is 29.1. The van der Waals surface area contributed by atoms with Gasteiger partial charge in [-0.25, -0.2) is 4.39 Å². The Kier molecular flexibility index (Phi) is 7.36. The van der Waals surface area contributed by atoms with Gasteiger partial charge >= 0.3 is 6.18 Å². The highest BCUT2D eigenvalue weighted by atomic mass is 19.4. The van der Waals surface area contributed by atoms with Gasteiger partial charge in [-0.3, -0.25) is 4.79 Å². The maximum Gasteiger partial charge on any atom is 0.457 e. The largest absolute Gasteiger partial charge is 0.457 e. The van der Waals surface area contributed by atoms with E-state index in [2.05, 4.69) is 40.3 Å². The van der Waals surface area contributed by atoms with Gasteiger partial charge in [0.15, 0.2) is 0 Å². The zero-order valence-electron chi connectivity index (χ0n) is 24.0. The van der Waals surface area contributed by atoms with E-state index in [1.807, 2.05) is 6.92 Å². The fourth-order valence-electron chi connectivity index (χ4n) is 8.95. The molecule has 224 valence electrons. The third-order valence-corrected chi connectivity index (χ3v) is 10.9. The predicted molar refractivity (Wildman–Crippen MR) is 152 cm³/mol. The number of rotatable bonds is 4. The lowest BCUT2D eigenvalue weighted by Gasteiger charge is -2.55. The summed E-state index contributed by atoms with van der Waals surface area (Å²) in [5, 5.41) is 3.18. The van der Waals surface area contributed by atoms with E-state index in [0.29, 0.717) is 44.5 Å². The quantitative estimate of drug-likeness (QED) is 0.216. The third kappa shape index (κ3) is 4.70. The van der Waals surface area contributed by atoms with Crippen molar-refractivity contribution in [3.8, 4) is 11.8 Å². The van der Waals surface area contributed by atoms with Crippen molar-refractivity contribution in [3.63, 3.8) is 0 Å². The first-order chi connectivity index (χ1) is 20.0. The van der Waals surface area contributed by atoms with Crippen LogP contribution in [0.15, 0.2) is 52.2 Å². The van der Waals surface area contributed by atoms with E-state index in [0.717, 1.165) is 35.5 Å². The van der Waals surface area contributed by atoms with Gasteiger partial charge in [-0.15, -0.1) is 0 Å². The van der Waals surface area contributed by atoms with Crippen molar-refractivity contribution in [2.24, 2.45) is 27.8 Å². The van der Waals surface area contributed by atoms with Crippen molar-refractivity contribution in [1.82, 2.24) is 0 Å². The van der Waals surface area contributed by atoms with Gasteiger partial charge in [0.25, 0.3) is 0 Å². The first-order valence-electron chi connectivity index (χ1n) is 14.9. The number of ether oxygens (including phenoxy) is 1. The molecular formula is C33H36F4N2O3. The standard InChI is InChI=1S/C33H36F4N2O3/c1-20(40)32(11-12-33(35,36)37)10-9-28-26-18-29(34)25-17-22(38-41)5-8-24(25)30(26)27(19-31(28,32)2)21-3-6-23(7-4-21)39-13-15-42-16-14-39/h3-4,6-7,17,22,26-29H,5,8-10,13-16,18-19H2,1-2H3/t22?,26-,27?,28-,29?,31-,32-/m0/s1. The molecule has 0 N–H and O–H groups in total. The molecule has 6 rings (SSSR count). The van der Waals surface area contributed by atoms with Gasteiger partial charge in [0, 0.05) is 30.6 Å². The van der Waals surface area contributed by atoms with Gasteiger partial charge in [-0.2, -0.15) is 18.1 Å². The number of halogens is 4. The number of alkyl halides is 4. The minimum atomic E-state index is -4.72. The van der Waals surface area contributed by atoms with Gasteiger partial charge in [0.2, 0.25) is 0 Å². The molecule has 42 heavy (non-hydrogen) atoms. The van der Waals surface area contributed by atoms with Gasteiger partial charge in [-0.1, -0.05) is 41.8 Å². The number of hydrogen-bond donors (Lipinski definition) is 0. The Morgan fingerprint density at radius 2 is 1.86 bits per heavy atom. The molecule has 2 saturated carbocycles. The number of hydrogen-bond acceptors (Lipinski definition) is 5. The highest BCUT2D eigenvalue weighted by Crippen LogP contribution is 2.70. The zero-order valence-corrected chi connectivity index (χ0v) is 24.0. The Balaban J connectivity index is 1.49. The summed E-state index contributed by atoms with van der Waals surface area (Å²) in [5.74, 6) is 2.94. The summed E-state index contributed by atoms with van der Waals surface area (Å²) in [4.78, 5) is 26.9. The lowest BCUT2D eigenvalue weighted by Crippen LogP contribution is -2.51. The second kappa shape index (κ2) is 10.6. The molecule has 5 aliphatic rings. The summed E-state index contributed by atoms with van der Waals surface area (Å²) in [6.07, 6.45) is -1.94. The van der Waals surface area contributed by atoms with E-state index in [-0.39, 0.29) is 36.4 Å². The van der Waals surface area contributed by atoms with Crippen LogP contribution in [0.25, 0.3) is 0 Å². The Bertz CT molecular complexity index is 1380. The molecule has 1 heterocycles. The number of carbonyl (C=O) groups is 1. The summed E-state index contributed by atoms with van der Waals surface area (Å²) < 4.78 is 61.6. The topological polar surface area (TPSA) is 59.0 Å². The second-order valence-electron chi connectivity index (χ2n) is 12.8. The van der Waals surface area contributed by atoms with Crippen LogP contribution in [0.1, 0.15) is 63.9 Å². The number of carbonyl (C=O) groups excluding carboxylic acids is 1. The van der Waals surface area contributed by atoms with Crippen molar-refractivity contribution in [1.29, 1.82) is 0 Å². The molecule has 0 bridgehead atoms. The van der Waals surface area contributed by atoms with Crippen molar-refractivity contribution >= 4 is 11.5 Å². The molecule has 5 nitrogen and oxygen atoms in total. The fraction of sp³-hybridized carbons (Fsp3) is 0.606. The number of Topliss-reactive ketones (excluding diaryl/α,β-unsaturated/α-hetero) is 1. The molecular weight excluding hydrogens is 548 g/mol. The van der Waals surface area contributed by atoms with E-state index in [4.69, 9.17) is 4.74 Å². The van der Waals surface area contributed by atoms with Gasteiger partial charge in [0.1, 0.15) is 18.0 Å². The number of ketones is 1. The highest BCUT2D eigenvalue weighted by Gasteiger charge is 2.65. The number of benzene rings is 1. The molecule has 1 saturated heterocycles. The molecule has 0 amide bonds. The predicted octanol–water partition coefficient (Wildman–Crippen LogP) is 7.08. The van der Waals surface area contributed by atoms with Gasteiger partial charge in [-0.05, 0) is 91.5 Å². The highest BCUT2D eigenvalue weighted by molar-refractivity contribution is 5.87. The summed E-state index contributed by atoms with van der Waals surface area (Å²) in [6.45, 7) is 6.16. The summed E-state index contributed by atoms with van der Waals surface area (Å²) in [7, 11) is 0. The number of nitrogens with zero attached hydrogens (tertiary/aromatic N) is 2. The Hall–Kier alpha value is -2.99. The van der Waals surface area contributed by atoms with Crippen LogP contribution in [0, 0.1) is 39.4 Å². The average molecular weight is 585 g/mol. The fourth-order valence-corrected chi connectivity index (χ4v) is 8.95. The van der Waals surface area contributed by atoms with Crippen LogP contribution in [-0.4, -0.2) is 50.5 Å². The van der Waals surface area contributed by atoms with E-state index in [1.165, 1.54) is 12.8 Å². The normalized spacial score (nSPS) is 36.2. The van der Waals surface area contributed by atoms with E-state index in [9.17, 15) is 22.9 Å². The first-order valence-corrected chi connectivity index (χ1v) is 14.9. The van der Waals surface area contributed by atoms with Crippen LogP contribution in [0.4, 0.5) is 23.2 Å². The molecule has 1 aliphatic heterocycles. The van der Waals surface area contributed by atoms with Gasteiger partial charge < -0.3 is 9.64 Å². The Morgan fingerprint density at radius 1 is 1.14 bits per heavy atom. The van der Waals surface area contributed by atoms with E-state index >= 15 is 4.39 Å².